The van der Waals surface area contributed by atoms with Crippen molar-refractivity contribution in [1.29, 1.82) is 0 Å². The molecule has 6 rings (SSSR count). The first kappa shape index (κ1) is 44.1. The summed E-state index contributed by atoms with van der Waals surface area (Å²) in [6.07, 6.45) is -2.00. The smallest absolute Gasteiger partial charge is 0.404 e. The topological polar surface area (TPSA) is 160 Å². The molecule has 0 radical (unpaired) electrons. The molecule has 0 aliphatic carbocycles. The molecule has 3 aliphatic heterocycles. The normalized spacial score (nSPS) is 21.6. The van der Waals surface area contributed by atoms with Gasteiger partial charge in [0.1, 0.15) is 18.4 Å². The van der Waals surface area contributed by atoms with Crippen molar-refractivity contribution in [3.8, 4) is 5.75 Å². The van der Waals surface area contributed by atoms with Gasteiger partial charge in [-0.15, -0.1) is 0 Å². The van der Waals surface area contributed by atoms with Crippen molar-refractivity contribution in [3.05, 3.63) is 101 Å². The van der Waals surface area contributed by atoms with Gasteiger partial charge in [0.2, 0.25) is 0 Å². The van der Waals surface area contributed by atoms with Gasteiger partial charge in [-0.1, -0.05) is 60.7 Å². The Kier molecular flexibility index (Phi) is 15.4. The van der Waals surface area contributed by atoms with Crippen molar-refractivity contribution < 1.29 is 47.6 Å². The Hall–Kier alpha value is -4.50. The molecular formula is C45H57F3N4O7. The summed E-state index contributed by atoms with van der Waals surface area (Å²) >= 11 is 0. The number of rotatable bonds is 21. The number of carboxylic acids is 3. The highest BCUT2D eigenvalue weighted by Gasteiger charge is 2.44. The van der Waals surface area contributed by atoms with Crippen LogP contribution in [0.4, 0.5) is 13.2 Å². The zero-order valence-corrected chi connectivity index (χ0v) is 33.3. The zero-order valence-electron chi connectivity index (χ0n) is 33.3. The SMILES string of the molecule is O=C(O)C(Cc1cccc(CC(N(CCOc2cccc(CC(C(=O)O)C3CCNC3)c2)Cc2cccc(CC(C(=O)O)C3CCNC3)c2)C(F)(F)F)c1)C1CCNC1. The maximum absolute atomic E-state index is 15.3. The Morgan fingerprint density at radius 2 is 1.03 bits per heavy atom. The summed E-state index contributed by atoms with van der Waals surface area (Å²) in [6, 6.07) is 19.0. The summed E-state index contributed by atoms with van der Waals surface area (Å²) in [5.41, 5.74) is 3.23. The van der Waals surface area contributed by atoms with Crippen molar-refractivity contribution in [2.75, 3.05) is 52.4 Å². The number of carboxylic acid groups (broad SMARTS) is 3. The van der Waals surface area contributed by atoms with E-state index in [1.54, 1.807) is 60.7 Å². The van der Waals surface area contributed by atoms with Crippen molar-refractivity contribution in [2.24, 2.45) is 35.5 Å². The first-order valence-electron chi connectivity index (χ1n) is 20.8. The fourth-order valence-electron chi connectivity index (χ4n) is 9.23. The van der Waals surface area contributed by atoms with Crippen LogP contribution >= 0.6 is 0 Å². The molecule has 0 spiro atoms. The van der Waals surface area contributed by atoms with E-state index in [9.17, 15) is 29.7 Å². The van der Waals surface area contributed by atoms with Gasteiger partial charge >= 0.3 is 24.1 Å². The molecular weight excluding hydrogens is 766 g/mol. The Labute approximate surface area is 343 Å². The number of hydrogen-bond acceptors (Lipinski definition) is 8. The van der Waals surface area contributed by atoms with Crippen LogP contribution in [0.25, 0.3) is 0 Å². The number of nitrogens with one attached hydrogen (secondary N) is 3. The third-order valence-electron chi connectivity index (χ3n) is 12.5. The molecule has 6 N–H and O–H groups in total. The van der Waals surface area contributed by atoms with Crippen LogP contribution in [-0.4, -0.2) is 103 Å². The highest BCUT2D eigenvalue weighted by atomic mass is 19.4. The number of halogens is 3. The van der Waals surface area contributed by atoms with Gasteiger partial charge in [-0.05, 0) is 142 Å². The quantitative estimate of drug-likeness (QED) is 0.0828. The molecule has 3 aromatic rings. The van der Waals surface area contributed by atoms with E-state index in [4.69, 9.17) is 4.74 Å². The van der Waals surface area contributed by atoms with E-state index in [0.717, 1.165) is 50.0 Å². The maximum Gasteiger partial charge on any atom is 0.404 e. The van der Waals surface area contributed by atoms with Gasteiger partial charge in [0.25, 0.3) is 0 Å². The van der Waals surface area contributed by atoms with Crippen LogP contribution < -0.4 is 20.7 Å². The highest BCUT2D eigenvalue weighted by Crippen LogP contribution is 2.32. The summed E-state index contributed by atoms with van der Waals surface area (Å²) in [7, 11) is 0. The van der Waals surface area contributed by atoms with Crippen molar-refractivity contribution >= 4 is 17.9 Å². The number of alkyl halides is 3. The molecule has 3 aromatic carbocycles. The number of aliphatic carboxylic acids is 3. The van der Waals surface area contributed by atoms with E-state index < -0.39 is 47.9 Å². The van der Waals surface area contributed by atoms with Crippen molar-refractivity contribution in [1.82, 2.24) is 20.9 Å². The van der Waals surface area contributed by atoms with E-state index >= 15 is 13.2 Å². The standard InChI is InChI=1S/C45H57F3N4O7/c46-45(47,48)41(24-31-6-1-4-29(18-31)21-38(42(53)54)34-10-13-49-25-34)52(28-33-8-2-5-30(19-33)22-39(43(55)56)35-11-14-50-26-35)16-17-59-37-9-3-7-32(20-37)23-40(44(57)58)36-12-15-51-27-36/h1-9,18-20,34-36,38-41,49-51H,10-17,21-28H2,(H,53,54)(H,55,56)(H,57,58). The third kappa shape index (κ3) is 12.5. The summed E-state index contributed by atoms with van der Waals surface area (Å²) in [6.45, 7) is 3.80. The molecule has 59 heavy (non-hydrogen) atoms. The molecule has 0 amide bonds. The second-order valence-electron chi connectivity index (χ2n) is 16.6. The van der Waals surface area contributed by atoms with Crippen LogP contribution in [0.1, 0.15) is 47.1 Å². The Morgan fingerprint density at radius 3 is 1.46 bits per heavy atom. The summed E-state index contributed by atoms with van der Waals surface area (Å²) < 4.78 is 52.0. The molecule has 3 fully saturated rings. The fraction of sp³-hybridized carbons (Fsp3) is 0.533. The second-order valence-corrected chi connectivity index (χ2v) is 16.6. The number of hydrogen-bond donors (Lipinski definition) is 6. The lowest BCUT2D eigenvalue weighted by atomic mass is 9.85. The van der Waals surface area contributed by atoms with Gasteiger partial charge in [0.05, 0.1) is 17.8 Å². The Morgan fingerprint density at radius 1 is 0.627 bits per heavy atom. The minimum absolute atomic E-state index is 0.00190. The lowest BCUT2D eigenvalue weighted by Crippen LogP contribution is -2.48. The summed E-state index contributed by atoms with van der Waals surface area (Å²) in [4.78, 5) is 38.0. The number of nitrogens with zero attached hydrogens (tertiary/aromatic N) is 1. The van der Waals surface area contributed by atoms with Crippen LogP contribution in [0.3, 0.4) is 0 Å². The Balaban J connectivity index is 1.22. The van der Waals surface area contributed by atoms with Crippen molar-refractivity contribution in [2.45, 2.75) is 63.7 Å². The van der Waals surface area contributed by atoms with Crippen LogP contribution in [0, 0.1) is 35.5 Å². The molecule has 3 saturated heterocycles. The number of carbonyl (C=O) groups is 3. The molecule has 11 nitrogen and oxygen atoms in total. The first-order chi connectivity index (χ1) is 28.3. The van der Waals surface area contributed by atoms with Gasteiger partial charge in [-0.2, -0.15) is 13.2 Å². The van der Waals surface area contributed by atoms with Gasteiger partial charge in [-0.3, -0.25) is 19.3 Å². The molecule has 7 unspecified atom stereocenters. The predicted molar refractivity (Wildman–Crippen MR) is 216 cm³/mol. The van der Waals surface area contributed by atoms with Gasteiger partial charge in [0.15, 0.2) is 0 Å². The van der Waals surface area contributed by atoms with Crippen LogP contribution in [-0.2, 0) is 46.6 Å². The monoisotopic (exact) mass is 822 g/mol. The predicted octanol–water partition coefficient (Wildman–Crippen LogP) is 5.30. The van der Waals surface area contributed by atoms with E-state index in [1.165, 1.54) is 4.90 Å². The largest absolute Gasteiger partial charge is 0.492 e. The molecule has 0 bridgehead atoms. The van der Waals surface area contributed by atoms with E-state index in [1.807, 2.05) is 12.1 Å². The lowest BCUT2D eigenvalue weighted by molar-refractivity contribution is -0.186. The molecule has 0 saturated carbocycles. The first-order valence-corrected chi connectivity index (χ1v) is 20.8. The molecule has 0 aromatic heterocycles. The van der Waals surface area contributed by atoms with Crippen molar-refractivity contribution in [3.63, 3.8) is 0 Å². The highest BCUT2D eigenvalue weighted by molar-refractivity contribution is 5.72. The maximum atomic E-state index is 15.3. The number of ether oxygens (including phenoxy) is 1. The fourth-order valence-corrected chi connectivity index (χ4v) is 9.23. The second kappa shape index (κ2) is 20.7. The number of benzene rings is 3. The van der Waals surface area contributed by atoms with Crippen LogP contribution in [0.15, 0.2) is 72.8 Å². The molecule has 7 atom stereocenters. The van der Waals surface area contributed by atoms with Crippen LogP contribution in [0.5, 0.6) is 5.75 Å². The average molecular weight is 823 g/mol. The zero-order chi connectivity index (χ0) is 41.9. The lowest BCUT2D eigenvalue weighted by Gasteiger charge is -2.33. The molecule has 320 valence electrons. The molecule has 14 heteroatoms. The summed E-state index contributed by atoms with van der Waals surface area (Å²) in [5.74, 6) is -4.20. The Bertz CT molecular complexity index is 1860. The van der Waals surface area contributed by atoms with E-state index in [0.29, 0.717) is 48.5 Å². The minimum Gasteiger partial charge on any atom is -0.492 e. The van der Waals surface area contributed by atoms with Gasteiger partial charge in [0, 0.05) is 13.1 Å². The van der Waals surface area contributed by atoms with Gasteiger partial charge in [-0.25, -0.2) is 0 Å². The minimum atomic E-state index is -4.66. The van der Waals surface area contributed by atoms with E-state index in [2.05, 4.69) is 16.0 Å². The molecule has 3 aliphatic rings. The van der Waals surface area contributed by atoms with E-state index in [-0.39, 0.29) is 56.7 Å². The van der Waals surface area contributed by atoms with Crippen LogP contribution in [0.2, 0.25) is 0 Å². The molecule has 3 heterocycles. The average Bonchev–Trinajstić information content (AvgIpc) is 4.02. The third-order valence-corrected chi connectivity index (χ3v) is 12.5. The summed E-state index contributed by atoms with van der Waals surface area (Å²) in [5, 5.41) is 39.7. The van der Waals surface area contributed by atoms with Gasteiger partial charge < -0.3 is 36.0 Å².